The van der Waals surface area contributed by atoms with Gasteiger partial charge in [-0.2, -0.15) is 0 Å². The Morgan fingerprint density at radius 2 is 2.13 bits per heavy atom. The summed E-state index contributed by atoms with van der Waals surface area (Å²) in [7, 11) is 0. The lowest BCUT2D eigenvalue weighted by Gasteiger charge is -2.20. The molecule has 0 unspecified atom stereocenters. The largest absolute Gasteiger partial charge is 0.454 e. The predicted molar refractivity (Wildman–Crippen MR) is 55.5 cm³/mol. The summed E-state index contributed by atoms with van der Waals surface area (Å²) >= 11 is 3.07. The summed E-state index contributed by atoms with van der Waals surface area (Å²) < 4.78 is 24.4. The number of benzene rings is 1. The Bertz CT molecular complexity index is 412. The van der Waals surface area contributed by atoms with E-state index in [0.29, 0.717) is 5.75 Å². The predicted octanol–water partition coefficient (Wildman–Crippen LogP) is 2.54. The highest BCUT2D eigenvalue weighted by molar-refractivity contribution is 9.10. The lowest BCUT2D eigenvalue weighted by molar-refractivity contribution is 0.0701. The van der Waals surface area contributed by atoms with Gasteiger partial charge in [0.1, 0.15) is 5.82 Å². The third kappa shape index (κ3) is 1.70. The van der Waals surface area contributed by atoms with Crippen molar-refractivity contribution in [2.75, 3.05) is 6.79 Å². The van der Waals surface area contributed by atoms with Gasteiger partial charge in [0.05, 0.1) is 15.6 Å². The second kappa shape index (κ2) is 3.35. The molecular weight excluding hydrogens is 267 g/mol. The summed E-state index contributed by atoms with van der Waals surface area (Å²) in [4.78, 5) is 0. The molecule has 82 valence electrons. The summed E-state index contributed by atoms with van der Waals surface area (Å²) in [5.41, 5.74) is -1.20. The van der Waals surface area contributed by atoms with Gasteiger partial charge >= 0.3 is 0 Å². The van der Waals surface area contributed by atoms with Crippen LogP contribution in [0.25, 0.3) is 0 Å². The average molecular weight is 277 g/mol. The van der Waals surface area contributed by atoms with Crippen LogP contribution in [0.5, 0.6) is 11.5 Å². The molecule has 3 nitrogen and oxygen atoms in total. The zero-order chi connectivity index (χ0) is 11.2. The number of hydrogen-bond donors (Lipinski definition) is 1. The fourth-order valence-corrected chi connectivity index (χ4v) is 1.94. The first-order valence-electron chi connectivity index (χ1n) is 4.41. The van der Waals surface area contributed by atoms with Crippen molar-refractivity contribution >= 4 is 15.9 Å². The standard InChI is InChI=1S/C10H10BrFO3/c1-10(2,13)7-8(12)5(11)3-6-9(7)15-4-14-6/h3,13H,4H2,1-2H3. The van der Waals surface area contributed by atoms with Crippen molar-refractivity contribution in [1.29, 1.82) is 0 Å². The van der Waals surface area contributed by atoms with Crippen LogP contribution >= 0.6 is 15.9 Å². The number of hydrogen-bond acceptors (Lipinski definition) is 3. The molecule has 0 saturated heterocycles. The van der Waals surface area contributed by atoms with Gasteiger partial charge in [-0.3, -0.25) is 0 Å². The van der Waals surface area contributed by atoms with Crippen LogP contribution in [0.3, 0.4) is 0 Å². The second-order valence-electron chi connectivity index (χ2n) is 3.84. The summed E-state index contributed by atoms with van der Waals surface area (Å²) in [6, 6.07) is 1.49. The molecule has 0 amide bonds. The summed E-state index contributed by atoms with van der Waals surface area (Å²) in [6.45, 7) is 3.05. The lowest BCUT2D eigenvalue weighted by Crippen LogP contribution is -2.18. The van der Waals surface area contributed by atoms with Gasteiger partial charge < -0.3 is 14.6 Å². The lowest BCUT2D eigenvalue weighted by atomic mass is 9.96. The van der Waals surface area contributed by atoms with Gasteiger partial charge in [-0.15, -0.1) is 0 Å². The van der Waals surface area contributed by atoms with Crippen molar-refractivity contribution in [1.82, 2.24) is 0 Å². The smallest absolute Gasteiger partial charge is 0.231 e. The van der Waals surface area contributed by atoms with E-state index in [1.165, 1.54) is 19.9 Å². The number of aliphatic hydroxyl groups is 1. The fourth-order valence-electron chi connectivity index (χ4n) is 1.54. The SMILES string of the molecule is CC(C)(O)c1c(F)c(Br)cc2c1OCO2. The molecule has 1 heterocycles. The molecule has 0 bridgehead atoms. The van der Waals surface area contributed by atoms with Gasteiger partial charge in [0.2, 0.25) is 6.79 Å². The van der Waals surface area contributed by atoms with E-state index in [1.54, 1.807) is 0 Å². The highest BCUT2D eigenvalue weighted by atomic mass is 79.9. The molecule has 15 heavy (non-hydrogen) atoms. The molecule has 0 saturated carbocycles. The molecule has 1 aliphatic rings. The first kappa shape index (κ1) is 10.7. The maximum atomic E-state index is 13.8. The molecule has 1 N–H and O–H groups in total. The van der Waals surface area contributed by atoms with Crippen LogP contribution in [0.4, 0.5) is 4.39 Å². The van der Waals surface area contributed by atoms with Gasteiger partial charge in [0.15, 0.2) is 11.5 Å². The first-order chi connectivity index (χ1) is 6.91. The minimum Gasteiger partial charge on any atom is -0.454 e. The Hall–Kier alpha value is -0.810. The van der Waals surface area contributed by atoms with Gasteiger partial charge in [-0.25, -0.2) is 4.39 Å². The molecule has 1 aliphatic heterocycles. The number of halogens is 2. The summed E-state index contributed by atoms with van der Waals surface area (Å²) in [5, 5.41) is 9.86. The molecule has 5 heteroatoms. The van der Waals surface area contributed by atoms with Crippen LogP contribution in [-0.4, -0.2) is 11.9 Å². The van der Waals surface area contributed by atoms with E-state index >= 15 is 0 Å². The van der Waals surface area contributed by atoms with Gasteiger partial charge in [-0.05, 0) is 29.8 Å². The zero-order valence-corrected chi connectivity index (χ0v) is 9.89. The van der Waals surface area contributed by atoms with E-state index in [1.807, 2.05) is 0 Å². The van der Waals surface area contributed by atoms with Crippen molar-refractivity contribution in [3.63, 3.8) is 0 Å². The van der Waals surface area contributed by atoms with Crippen LogP contribution in [-0.2, 0) is 5.60 Å². The maximum Gasteiger partial charge on any atom is 0.231 e. The van der Waals surface area contributed by atoms with E-state index in [4.69, 9.17) is 9.47 Å². The Morgan fingerprint density at radius 3 is 2.73 bits per heavy atom. The Labute approximate surface area is 94.9 Å². The molecule has 0 aromatic heterocycles. The molecule has 0 spiro atoms. The van der Waals surface area contributed by atoms with E-state index in [-0.39, 0.29) is 22.6 Å². The fraction of sp³-hybridized carbons (Fsp3) is 0.400. The van der Waals surface area contributed by atoms with E-state index in [2.05, 4.69) is 15.9 Å². The summed E-state index contributed by atoms with van der Waals surface area (Å²) in [5.74, 6) is 0.204. The van der Waals surface area contributed by atoms with E-state index in [0.717, 1.165) is 0 Å². The number of fused-ring (bicyclic) bond motifs is 1. The Balaban J connectivity index is 2.71. The maximum absolute atomic E-state index is 13.8. The Kier molecular flexibility index (Phi) is 2.39. The van der Waals surface area contributed by atoms with Gasteiger partial charge in [0, 0.05) is 6.07 Å². The molecule has 1 aromatic rings. The highest BCUT2D eigenvalue weighted by Crippen LogP contribution is 2.44. The molecule has 2 rings (SSSR count). The molecule has 0 aliphatic carbocycles. The number of ether oxygens (including phenoxy) is 2. The third-order valence-corrected chi connectivity index (χ3v) is 2.74. The van der Waals surface area contributed by atoms with Crippen LogP contribution in [0, 0.1) is 5.82 Å². The van der Waals surface area contributed by atoms with Crippen molar-refractivity contribution in [2.24, 2.45) is 0 Å². The van der Waals surface area contributed by atoms with Crippen molar-refractivity contribution < 1.29 is 19.0 Å². The third-order valence-electron chi connectivity index (χ3n) is 2.17. The van der Waals surface area contributed by atoms with Crippen LogP contribution in [0.2, 0.25) is 0 Å². The van der Waals surface area contributed by atoms with Gasteiger partial charge in [0.25, 0.3) is 0 Å². The zero-order valence-electron chi connectivity index (χ0n) is 8.30. The quantitative estimate of drug-likeness (QED) is 0.857. The average Bonchev–Trinajstić information content (AvgIpc) is 2.50. The first-order valence-corrected chi connectivity index (χ1v) is 5.21. The van der Waals surface area contributed by atoms with E-state index < -0.39 is 11.4 Å². The second-order valence-corrected chi connectivity index (χ2v) is 4.69. The summed E-state index contributed by atoms with van der Waals surface area (Å²) in [6.07, 6.45) is 0. The normalized spacial score (nSPS) is 14.5. The number of rotatable bonds is 1. The topological polar surface area (TPSA) is 38.7 Å². The minimum absolute atomic E-state index is 0.0499. The van der Waals surface area contributed by atoms with E-state index in [9.17, 15) is 9.50 Å². The Morgan fingerprint density at radius 1 is 1.47 bits per heavy atom. The van der Waals surface area contributed by atoms with Crippen LogP contribution in [0.15, 0.2) is 10.5 Å². The monoisotopic (exact) mass is 276 g/mol. The van der Waals surface area contributed by atoms with Crippen LogP contribution < -0.4 is 9.47 Å². The van der Waals surface area contributed by atoms with Crippen molar-refractivity contribution in [3.05, 3.63) is 21.9 Å². The van der Waals surface area contributed by atoms with Gasteiger partial charge in [-0.1, -0.05) is 0 Å². The van der Waals surface area contributed by atoms with Crippen molar-refractivity contribution in [2.45, 2.75) is 19.4 Å². The van der Waals surface area contributed by atoms with Crippen LogP contribution in [0.1, 0.15) is 19.4 Å². The molecular formula is C10H10BrFO3. The molecule has 0 radical (unpaired) electrons. The molecule has 0 atom stereocenters. The van der Waals surface area contributed by atoms with Crippen molar-refractivity contribution in [3.8, 4) is 11.5 Å². The minimum atomic E-state index is -1.31. The molecule has 0 fully saturated rings. The highest BCUT2D eigenvalue weighted by Gasteiger charge is 2.32. The molecule has 1 aromatic carbocycles.